The van der Waals surface area contributed by atoms with Crippen molar-refractivity contribution in [3.05, 3.63) is 12.2 Å². The summed E-state index contributed by atoms with van der Waals surface area (Å²) in [5.41, 5.74) is 0. The highest BCUT2D eigenvalue weighted by molar-refractivity contribution is 5.66. The van der Waals surface area contributed by atoms with Gasteiger partial charge < -0.3 is 15.3 Å². The lowest BCUT2D eigenvalue weighted by atomic mass is 9.88. The molecule has 140 valence electrons. The maximum absolute atomic E-state index is 10.5. The third-order valence-corrected chi connectivity index (χ3v) is 5.20. The molecule has 0 radical (unpaired) electrons. The van der Waals surface area contributed by atoms with Crippen LogP contribution in [-0.2, 0) is 4.79 Å². The van der Waals surface area contributed by atoms with Crippen LogP contribution in [0.5, 0.6) is 0 Å². The monoisotopic (exact) mass is 340 g/mol. The van der Waals surface area contributed by atoms with Gasteiger partial charge in [0, 0.05) is 6.42 Å². The molecule has 0 amide bonds. The molecule has 24 heavy (non-hydrogen) atoms. The van der Waals surface area contributed by atoms with Crippen molar-refractivity contribution in [1.82, 2.24) is 0 Å². The third-order valence-electron chi connectivity index (χ3n) is 5.20. The summed E-state index contributed by atoms with van der Waals surface area (Å²) in [6, 6.07) is 0. The van der Waals surface area contributed by atoms with Crippen LogP contribution in [-0.4, -0.2) is 33.5 Å². The van der Waals surface area contributed by atoms with Crippen molar-refractivity contribution in [2.75, 3.05) is 0 Å². The highest BCUT2D eigenvalue weighted by Gasteiger charge is 2.32. The van der Waals surface area contributed by atoms with E-state index in [0.717, 1.165) is 51.4 Å². The summed E-state index contributed by atoms with van der Waals surface area (Å²) in [7, 11) is 0. The number of aliphatic hydroxyl groups excluding tert-OH is 2. The van der Waals surface area contributed by atoms with E-state index in [4.69, 9.17) is 5.11 Å². The molecule has 1 rings (SSSR count). The molecule has 1 fully saturated rings. The summed E-state index contributed by atoms with van der Waals surface area (Å²) in [4.78, 5) is 10.5. The molecule has 0 heterocycles. The van der Waals surface area contributed by atoms with Crippen LogP contribution in [0.25, 0.3) is 0 Å². The van der Waals surface area contributed by atoms with Gasteiger partial charge in [0.2, 0.25) is 0 Å². The minimum Gasteiger partial charge on any atom is -0.481 e. The Bertz CT molecular complexity index is 367. The largest absolute Gasteiger partial charge is 0.481 e. The summed E-state index contributed by atoms with van der Waals surface area (Å²) in [6.07, 6.45) is 14.5. The number of aliphatic carboxylic acids is 1. The molecule has 0 aliphatic heterocycles. The second kappa shape index (κ2) is 12.5. The number of carboxylic acid groups (broad SMARTS) is 1. The molecule has 4 unspecified atom stereocenters. The van der Waals surface area contributed by atoms with E-state index < -0.39 is 5.97 Å². The topological polar surface area (TPSA) is 77.8 Å². The number of carboxylic acids is 1. The molecule has 0 bridgehead atoms. The van der Waals surface area contributed by atoms with Gasteiger partial charge in [-0.2, -0.15) is 0 Å². The van der Waals surface area contributed by atoms with Gasteiger partial charge in [0.25, 0.3) is 0 Å². The Morgan fingerprint density at radius 2 is 1.88 bits per heavy atom. The van der Waals surface area contributed by atoms with Crippen molar-refractivity contribution in [3.63, 3.8) is 0 Å². The second-order valence-electron chi connectivity index (χ2n) is 7.27. The second-order valence-corrected chi connectivity index (χ2v) is 7.27. The van der Waals surface area contributed by atoms with E-state index in [1.165, 1.54) is 19.3 Å². The average Bonchev–Trinajstić information content (AvgIpc) is 2.89. The van der Waals surface area contributed by atoms with E-state index >= 15 is 0 Å². The smallest absolute Gasteiger partial charge is 0.303 e. The lowest BCUT2D eigenvalue weighted by molar-refractivity contribution is -0.137. The van der Waals surface area contributed by atoms with Crippen LogP contribution >= 0.6 is 0 Å². The normalized spacial score (nSPS) is 25.4. The molecule has 0 aromatic heterocycles. The van der Waals surface area contributed by atoms with Gasteiger partial charge in [-0.15, -0.1) is 0 Å². The summed E-state index contributed by atoms with van der Waals surface area (Å²) in [5.74, 6) is -0.118. The molecule has 0 aromatic carbocycles. The van der Waals surface area contributed by atoms with Gasteiger partial charge >= 0.3 is 5.97 Å². The number of unbranched alkanes of at least 4 members (excludes halogenated alkanes) is 5. The number of rotatable bonds is 13. The van der Waals surface area contributed by atoms with Gasteiger partial charge in [0.1, 0.15) is 0 Å². The van der Waals surface area contributed by atoms with Gasteiger partial charge in [-0.05, 0) is 43.9 Å². The first-order valence-corrected chi connectivity index (χ1v) is 9.80. The minimum absolute atomic E-state index is 0.237. The SMILES string of the molecule is CCCCCCC(O)/C=C/C1CCC(O)C1CCCCCC(=O)O. The van der Waals surface area contributed by atoms with E-state index in [-0.39, 0.29) is 24.5 Å². The molecule has 1 aliphatic carbocycles. The molecule has 0 spiro atoms. The van der Waals surface area contributed by atoms with E-state index in [1.54, 1.807) is 0 Å². The minimum atomic E-state index is -0.732. The molecular weight excluding hydrogens is 304 g/mol. The van der Waals surface area contributed by atoms with Crippen molar-refractivity contribution in [3.8, 4) is 0 Å². The van der Waals surface area contributed by atoms with Gasteiger partial charge in [-0.1, -0.05) is 57.6 Å². The van der Waals surface area contributed by atoms with Gasteiger partial charge in [-0.3, -0.25) is 4.79 Å². The first kappa shape index (κ1) is 21.2. The van der Waals surface area contributed by atoms with Crippen molar-refractivity contribution in [2.24, 2.45) is 11.8 Å². The zero-order chi connectivity index (χ0) is 17.8. The van der Waals surface area contributed by atoms with Crippen LogP contribution in [0.2, 0.25) is 0 Å². The predicted octanol–water partition coefficient (Wildman–Crippen LogP) is 4.30. The van der Waals surface area contributed by atoms with Crippen LogP contribution in [0.3, 0.4) is 0 Å². The number of carbonyl (C=O) groups is 1. The zero-order valence-corrected chi connectivity index (χ0v) is 15.2. The molecule has 3 N–H and O–H groups in total. The van der Waals surface area contributed by atoms with Crippen molar-refractivity contribution >= 4 is 5.97 Å². The number of hydrogen-bond donors (Lipinski definition) is 3. The molecule has 4 heteroatoms. The molecule has 1 aliphatic rings. The fourth-order valence-electron chi connectivity index (χ4n) is 3.70. The van der Waals surface area contributed by atoms with Gasteiger partial charge in [0.05, 0.1) is 12.2 Å². The molecule has 4 atom stereocenters. The Labute approximate surface area is 147 Å². The van der Waals surface area contributed by atoms with Gasteiger partial charge in [0.15, 0.2) is 0 Å². The van der Waals surface area contributed by atoms with Crippen molar-refractivity contribution in [2.45, 2.75) is 96.2 Å². The Kier molecular flexibility index (Phi) is 11.0. The van der Waals surface area contributed by atoms with E-state index in [1.807, 2.05) is 6.08 Å². The van der Waals surface area contributed by atoms with Crippen LogP contribution in [0.4, 0.5) is 0 Å². The van der Waals surface area contributed by atoms with Crippen LogP contribution in [0.15, 0.2) is 12.2 Å². The molecule has 1 saturated carbocycles. The summed E-state index contributed by atoms with van der Waals surface area (Å²) in [6.45, 7) is 2.18. The molecule has 4 nitrogen and oxygen atoms in total. The van der Waals surface area contributed by atoms with Crippen LogP contribution in [0.1, 0.15) is 84.0 Å². The summed E-state index contributed by atoms with van der Waals surface area (Å²) < 4.78 is 0. The summed E-state index contributed by atoms with van der Waals surface area (Å²) >= 11 is 0. The Morgan fingerprint density at radius 3 is 2.58 bits per heavy atom. The quantitative estimate of drug-likeness (QED) is 0.345. The molecule has 0 aromatic rings. The lowest BCUT2D eigenvalue weighted by Crippen LogP contribution is -2.18. The Morgan fingerprint density at radius 1 is 1.12 bits per heavy atom. The van der Waals surface area contributed by atoms with Gasteiger partial charge in [-0.25, -0.2) is 0 Å². The first-order valence-electron chi connectivity index (χ1n) is 9.80. The number of aliphatic hydroxyl groups is 2. The summed E-state index contributed by atoms with van der Waals surface area (Å²) in [5, 5.41) is 28.9. The predicted molar refractivity (Wildman–Crippen MR) is 96.8 cm³/mol. The van der Waals surface area contributed by atoms with E-state index in [9.17, 15) is 15.0 Å². The lowest BCUT2D eigenvalue weighted by Gasteiger charge is -2.20. The van der Waals surface area contributed by atoms with E-state index in [0.29, 0.717) is 5.92 Å². The Balaban J connectivity index is 2.28. The number of allylic oxidation sites excluding steroid dienone is 1. The van der Waals surface area contributed by atoms with Crippen molar-refractivity contribution in [1.29, 1.82) is 0 Å². The fraction of sp³-hybridized carbons (Fsp3) is 0.850. The number of hydrogen-bond acceptors (Lipinski definition) is 3. The molecule has 0 saturated heterocycles. The fourth-order valence-corrected chi connectivity index (χ4v) is 3.70. The van der Waals surface area contributed by atoms with Crippen molar-refractivity contribution < 1.29 is 20.1 Å². The highest BCUT2D eigenvalue weighted by atomic mass is 16.4. The van der Waals surface area contributed by atoms with Crippen LogP contribution < -0.4 is 0 Å². The maximum atomic E-state index is 10.5. The van der Waals surface area contributed by atoms with E-state index in [2.05, 4.69) is 13.0 Å². The average molecular weight is 341 g/mol. The first-order chi connectivity index (χ1) is 11.5. The zero-order valence-electron chi connectivity index (χ0n) is 15.2. The Hall–Kier alpha value is -0.870. The standard InChI is InChI=1S/C20H36O4/c1-2-3-4-6-9-17(21)14-12-16-13-15-19(22)18(16)10-7-5-8-11-20(23)24/h12,14,16-19,21-22H,2-11,13,15H2,1H3,(H,23,24)/b14-12+. The maximum Gasteiger partial charge on any atom is 0.303 e. The third kappa shape index (κ3) is 8.84. The molecular formula is C20H36O4. The van der Waals surface area contributed by atoms with Crippen LogP contribution in [0, 0.1) is 11.8 Å². The highest BCUT2D eigenvalue weighted by Crippen LogP contribution is 2.36.